The molecule has 0 aromatic heterocycles. The van der Waals surface area contributed by atoms with E-state index in [2.05, 4.69) is 47.1 Å². The molecule has 1 amide bonds. The first kappa shape index (κ1) is 19.8. The van der Waals surface area contributed by atoms with Crippen molar-refractivity contribution in [3.05, 3.63) is 30.3 Å². The number of anilines is 1. The molecule has 3 fully saturated rings. The fraction of sp³-hybridized carbons (Fsp3) is 0.720. The van der Waals surface area contributed by atoms with E-state index in [1.807, 2.05) is 0 Å². The minimum atomic E-state index is 0.435. The molecule has 3 nitrogen and oxygen atoms in total. The lowest BCUT2D eigenvalue weighted by Gasteiger charge is -2.45. The number of amides is 1. The van der Waals surface area contributed by atoms with Crippen LogP contribution in [0.25, 0.3) is 0 Å². The third kappa shape index (κ3) is 4.23. The van der Waals surface area contributed by atoms with Crippen molar-refractivity contribution in [3.63, 3.8) is 0 Å². The lowest BCUT2D eigenvalue weighted by molar-refractivity contribution is -0.132. The van der Waals surface area contributed by atoms with Gasteiger partial charge in [0.2, 0.25) is 5.91 Å². The molecule has 1 aliphatic carbocycles. The second-order valence-corrected chi connectivity index (χ2v) is 9.35. The molecule has 2 saturated heterocycles. The Morgan fingerprint density at radius 1 is 1.00 bits per heavy atom. The standard InChI is InChI=1S/C25H38N2O/c1-2-3-4-5-9-16-26(22-12-7-6-8-13-22)23-18-20-11-10-14-24(28)27-17-15-21(19-23)25(20)27/h6-8,12-13,20-21,23,25H,2-5,9-11,14-19H2,1H3/t20-,21+,23?,25-/m1/s1. The highest BCUT2D eigenvalue weighted by Crippen LogP contribution is 2.45. The van der Waals surface area contributed by atoms with Crippen molar-refractivity contribution in [2.24, 2.45) is 11.8 Å². The monoisotopic (exact) mass is 382 g/mol. The maximum atomic E-state index is 12.5. The van der Waals surface area contributed by atoms with Gasteiger partial charge in [-0.2, -0.15) is 0 Å². The number of carbonyl (C=O) groups excluding carboxylic acids is 1. The van der Waals surface area contributed by atoms with E-state index in [1.165, 1.54) is 70.0 Å². The summed E-state index contributed by atoms with van der Waals surface area (Å²) in [5.41, 5.74) is 1.40. The number of hydrogen-bond donors (Lipinski definition) is 0. The van der Waals surface area contributed by atoms with Crippen LogP contribution in [0.2, 0.25) is 0 Å². The second-order valence-electron chi connectivity index (χ2n) is 9.35. The van der Waals surface area contributed by atoms with E-state index in [-0.39, 0.29) is 0 Å². The van der Waals surface area contributed by atoms with Crippen LogP contribution in [0.3, 0.4) is 0 Å². The summed E-state index contributed by atoms with van der Waals surface area (Å²) < 4.78 is 0. The van der Waals surface area contributed by atoms with Crippen LogP contribution < -0.4 is 4.90 Å². The largest absolute Gasteiger partial charge is 0.369 e. The summed E-state index contributed by atoms with van der Waals surface area (Å²) in [5.74, 6) is 1.87. The molecule has 4 rings (SSSR count). The lowest BCUT2D eigenvalue weighted by Crippen LogP contribution is -2.50. The summed E-state index contributed by atoms with van der Waals surface area (Å²) in [6.07, 6.45) is 13.6. The van der Waals surface area contributed by atoms with Crippen molar-refractivity contribution >= 4 is 11.6 Å². The SMILES string of the molecule is CCCCCCCN(c1ccccc1)C1C[C@H]2CCCC(=O)N3CC[C@@H](C1)[C@@H]23. The minimum Gasteiger partial charge on any atom is -0.369 e. The van der Waals surface area contributed by atoms with Crippen LogP contribution in [0.4, 0.5) is 5.69 Å². The first-order valence-corrected chi connectivity index (χ1v) is 11.9. The first-order valence-electron chi connectivity index (χ1n) is 11.9. The normalized spacial score (nSPS) is 29.5. The van der Waals surface area contributed by atoms with Crippen molar-refractivity contribution in [3.8, 4) is 0 Å². The molecule has 0 bridgehead atoms. The Labute approximate surface area is 171 Å². The average molecular weight is 383 g/mol. The van der Waals surface area contributed by atoms with Crippen LogP contribution in [-0.4, -0.2) is 36.0 Å². The molecular weight excluding hydrogens is 344 g/mol. The minimum absolute atomic E-state index is 0.435. The molecule has 0 radical (unpaired) electrons. The van der Waals surface area contributed by atoms with Gasteiger partial charge in [0.15, 0.2) is 0 Å². The van der Waals surface area contributed by atoms with Crippen LogP contribution in [0.15, 0.2) is 30.3 Å². The van der Waals surface area contributed by atoms with Crippen molar-refractivity contribution in [2.75, 3.05) is 18.0 Å². The van der Waals surface area contributed by atoms with Crippen LogP contribution in [0.5, 0.6) is 0 Å². The topological polar surface area (TPSA) is 23.6 Å². The zero-order chi connectivity index (χ0) is 19.3. The Hall–Kier alpha value is -1.51. The number of unbranched alkanes of at least 4 members (excludes halogenated alkanes) is 4. The summed E-state index contributed by atoms with van der Waals surface area (Å²) in [5, 5.41) is 0. The van der Waals surface area contributed by atoms with E-state index in [9.17, 15) is 4.79 Å². The highest BCUT2D eigenvalue weighted by molar-refractivity contribution is 5.77. The molecule has 2 heterocycles. The molecule has 154 valence electrons. The Morgan fingerprint density at radius 3 is 2.54 bits per heavy atom. The van der Waals surface area contributed by atoms with E-state index in [0.717, 1.165) is 25.3 Å². The third-order valence-corrected chi connectivity index (χ3v) is 7.53. The van der Waals surface area contributed by atoms with Gasteiger partial charge in [-0.05, 0) is 62.5 Å². The molecule has 2 aliphatic heterocycles. The van der Waals surface area contributed by atoms with Gasteiger partial charge < -0.3 is 9.80 Å². The van der Waals surface area contributed by atoms with Gasteiger partial charge in [-0.3, -0.25) is 4.79 Å². The summed E-state index contributed by atoms with van der Waals surface area (Å²) >= 11 is 0. The van der Waals surface area contributed by atoms with Gasteiger partial charge >= 0.3 is 0 Å². The van der Waals surface area contributed by atoms with Gasteiger partial charge in [-0.1, -0.05) is 50.8 Å². The quantitative estimate of drug-likeness (QED) is 0.543. The number of rotatable bonds is 8. The number of benzene rings is 1. The predicted octanol–water partition coefficient (Wildman–Crippen LogP) is 5.64. The van der Waals surface area contributed by atoms with Crippen molar-refractivity contribution < 1.29 is 4.79 Å². The van der Waals surface area contributed by atoms with Crippen LogP contribution >= 0.6 is 0 Å². The maximum absolute atomic E-state index is 12.5. The van der Waals surface area contributed by atoms with E-state index >= 15 is 0 Å². The Morgan fingerprint density at radius 2 is 1.75 bits per heavy atom. The summed E-state index contributed by atoms with van der Waals surface area (Å²) in [7, 11) is 0. The zero-order valence-corrected chi connectivity index (χ0v) is 17.7. The van der Waals surface area contributed by atoms with Crippen LogP contribution in [0, 0.1) is 11.8 Å². The molecular formula is C25H38N2O. The number of para-hydroxylation sites is 1. The van der Waals surface area contributed by atoms with Gasteiger partial charge in [0.05, 0.1) is 0 Å². The van der Waals surface area contributed by atoms with Gasteiger partial charge in [-0.15, -0.1) is 0 Å². The molecule has 3 aliphatic rings. The molecule has 28 heavy (non-hydrogen) atoms. The number of carbonyl (C=O) groups is 1. The molecule has 1 unspecified atom stereocenters. The van der Waals surface area contributed by atoms with Crippen molar-refractivity contribution in [2.45, 2.75) is 89.6 Å². The fourth-order valence-electron chi connectivity index (χ4n) is 6.23. The van der Waals surface area contributed by atoms with Crippen LogP contribution in [0.1, 0.15) is 77.6 Å². The van der Waals surface area contributed by atoms with E-state index in [0.29, 0.717) is 23.9 Å². The van der Waals surface area contributed by atoms with Gasteiger partial charge in [0.1, 0.15) is 0 Å². The van der Waals surface area contributed by atoms with Gasteiger partial charge in [-0.25, -0.2) is 0 Å². The van der Waals surface area contributed by atoms with E-state index < -0.39 is 0 Å². The fourth-order valence-corrected chi connectivity index (χ4v) is 6.23. The van der Waals surface area contributed by atoms with Crippen molar-refractivity contribution in [1.29, 1.82) is 0 Å². The lowest BCUT2D eigenvalue weighted by atomic mass is 9.73. The van der Waals surface area contributed by atoms with E-state index in [4.69, 9.17) is 0 Å². The van der Waals surface area contributed by atoms with E-state index in [1.54, 1.807) is 0 Å². The number of hydrogen-bond acceptors (Lipinski definition) is 2. The van der Waals surface area contributed by atoms with Gasteiger partial charge in [0, 0.05) is 37.3 Å². The predicted molar refractivity (Wildman–Crippen MR) is 117 cm³/mol. The second kappa shape index (κ2) is 9.33. The first-order chi connectivity index (χ1) is 13.8. The molecule has 0 spiro atoms. The molecule has 1 aromatic carbocycles. The molecule has 0 N–H and O–H groups in total. The van der Waals surface area contributed by atoms with Crippen LogP contribution in [-0.2, 0) is 4.79 Å². The Kier molecular flexibility index (Phi) is 6.59. The average Bonchev–Trinajstić information content (AvgIpc) is 3.08. The third-order valence-electron chi connectivity index (χ3n) is 7.53. The maximum Gasteiger partial charge on any atom is 0.222 e. The summed E-state index contributed by atoms with van der Waals surface area (Å²) in [6.45, 7) is 4.49. The number of nitrogens with zero attached hydrogens (tertiary/aromatic N) is 2. The Balaban J connectivity index is 1.48. The highest BCUT2D eigenvalue weighted by Gasteiger charge is 2.48. The van der Waals surface area contributed by atoms with Crippen molar-refractivity contribution in [1.82, 2.24) is 4.90 Å². The zero-order valence-electron chi connectivity index (χ0n) is 17.7. The van der Waals surface area contributed by atoms with Gasteiger partial charge in [0.25, 0.3) is 0 Å². The highest BCUT2D eigenvalue weighted by atomic mass is 16.2. The molecule has 1 aromatic rings. The summed E-state index contributed by atoms with van der Waals surface area (Å²) in [4.78, 5) is 17.5. The molecule has 3 heteroatoms. The molecule has 1 saturated carbocycles. The Bertz CT molecular complexity index is 631. The smallest absolute Gasteiger partial charge is 0.222 e. The summed E-state index contributed by atoms with van der Waals surface area (Å²) in [6, 6.07) is 12.3. The molecule has 4 atom stereocenters.